The Morgan fingerprint density at radius 1 is 1.47 bits per heavy atom. The van der Waals surface area contributed by atoms with Crippen molar-refractivity contribution >= 4 is 11.0 Å². The SMILES string of the molecule is CC(C)(C[C@H](c1ccccc1)[C@H]1C[C@H]1C#N)S(N)=O. The van der Waals surface area contributed by atoms with Crippen molar-refractivity contribution in [1.82, 2.24) is 0 Å². The fourth-order valence-corrected chi connectivity index (χ4v) is 2.98. The molecule has 0 heterocycles. The van der Waals surface area contributed by atoms with E-state index in [1.807, 2.05) is 32.0 Å². The Kier molecular flexibility index (Phi) is 4.07. The third kappa shape index (κ3) is 3.23. The summed E-state index contributed by atoms with van der Waals surface area (Å²) in [5.41, 5.74) is 1.23. The normalized spacial score (nSPS) is 25.4. The first-order valence-electron chi connectivity index (χ1n) is 6.56. The van der Waals surface area contributed by atoms with Crippen LogP contribution in [0.15, 0.2) is 30.3 Å². The predicted molar refractivity (Wildman–Crippen MR) is 77.4 cm³/mol. The monoisotopic (exact) mass is 276 g/mol. The quantitative estimate of drug-likeness (QED) is 0.898. The molecule has 1 aliphatic rings. The number of nitriles is 1. The van der Waals surface area contributed by atoms with E-state index < -0.39 is 15.7 Å². The lowest BCUT2D eigenvalue weighted by molar-refractivity contribution is 0.471. The van der Waals surface area contributed by atoms with Crippen LogP contribution in [0.4, 0.5) is 0 Å². The molecule has 0 radical (unpaired) electrons. The molecule has 3 nitrogen and oxygen atoms in total. The smallest absolute Gasteiger partial charge is 0.0945 e. The molecule has 1 saturated carbocycles. The van der Waals surface area contributed by atoms with Gasteiger partial charge >= 0.3 is 0 Å². The second-order valence-corrected chi connectivity index (χ2v) is 7.61. The largest absolute Gasteiger partial charge is 0.251 e. The molecule has 4 heteroatoms. The van der Waals surface area contributed by atoms with Gasteiger partial charge in [0.1, 0.15) is 0 Å². The Bertz CT molecular complexity index is 507. The number of hydrogen-bond acceptors (Lipinski definition) is 2. The number of hydrogen-bond donors (Lipinski definition) is 1. The number of rotatable bonds is 5. The van der Waals surface area contributed by atoms with Gasteiger partial charge in [0.2, 0.25) is 0 Å². The van der Waals surface area contributed by atoms with Crippen LogP contribution in [0.2, 0.25) is 0 Å². The van der Waals surface area contributed by atoms with Crippen molar-refractivity contribution in [2.45, 2.75) is 37.4 Å². The zero-order valence-corrected chi connectivity index (χ0v) is 12.2. The van der Waals surface area contributed by atoms with Crippen LogP contribution in [0.1, 0.15) is 38.2 Å². The second-order valence-electron chi connectivity index (χ2n) is 5.91. The minimum atomic E-state index is -1.36. The standard InChI is InChI=1S/C15H20N2OS/c1-15(2,19(17)18)9-14(13-8-12(13)10-16)11-6-4-3-5-7-11/h3-7,12-14H,8-9,17H2,1-2H3/t12-,13-,14+,19?/m0/s1. The zero-order chi connectivity index (χ0) is 14.0. The fraction of sp³-hybridized carbons (Fsp3) is 0.533. The van der Waals surface area contributed by atoms with E-state index in [4.69, 9.17) is 10.4 Å². The van der Waals surface area contributed by atoms with Gasteiger partial charge in [0.05, 0.1) is 27.7 Å². The third-order valence-electron chi connectivity index (χ3n) is 4.01. The van der Waals surface area contributed by atoms with Gasteiger partial charge in [-0.15, -0.1) is 0 Å². The van der Waals surface area contributed by atoms with Crippen LogP contribution >= 0.6 is 0 Å². The summed E-state index contributed by atoms with van der Waals surface area (Å²) in [6, 6.07) is 12.5. The van der Waals surface area contributed by atoms with E-state index in [2.05, 4.69) is 18.2 Å². The van der Waals surface area contributed by atoms with Crippen LogP contribution in [0.3, 0.4) is 0 Å². The molecule has 0 aromatic heterocycles. The van der Waals surface area contributed by atoms with Crippen molar-refractivity contribution in [2.24, 2.45) is 17.0 Å². The Hall–Kier alpha value is -1.18. The van der Waals surface area contributed by atoms with Crippen molar-refractivity contribution in [1.29, 1.82) is 5.26 Å². The molecular weight excluding hydrogens is 256 g/mol. The van der Waals surface area contributed by atoms with Crippen molar-refractivity contribution in [2.75, 3.05) is 0 Å². The lowest BCUT2D eigenvalue weighted by Crippen LogP contribution is -2.34. The Balaban J connectivity index is 2.22. The molecule has 0 bridgehead atoms. The summed E-state index contributed by atoms with van der Waals surface area (Å²) in [4.78, 5) is 0. The van der Waals surface area contributed by atoms with E-state index in [9.17, 15) is 4.21 Å². The summed E-state index contributed by atoms with van der Waals surface area (Å²) in [6.07, 6.45) is 1.70. The van der Waals surface area contributed by atoms with Gasteiger partial charge in [-0.05, 0) is 44.1 Å². The summed E-state index contributed by atoms with van der Waals surface area (Å²) in [6.45, 7) is 3.87. The number of nitrogens with zero attached hydrogens (tertiary/aromatic N) is 1. The molecule has 0 amide bonds. The minimum absolute atomic E-state index is 0.146. The average Bonchev–Trinajstić information content (AvgIpc) is 3.16. The van der Waals surface area contributed by atoms with E-state index >= 15 is 0 Å². The van der Waals surface area contributed by atoms with E-state index in [1.54, 1.807) is 0 Å². The molecule has 2 N–H and O–H groups in total. The maximum absolute atomic E-state index is 11.7. The number of benzene rings is 1. The van der Waals surface area contributed by atoms with E-state index in [0.717, 1.165) is 12.8 Å². The van der Waals surface area contributed by atoms with E-state index in [1.165, 1.54) is 5.56 Å². The highest BCUT2D eigenvalue weighted by atomic mass is 32.2. The topological polar surface area (TPSA) is 66.9 Å². The van der Waals surface area contributed by atoms with Crippen LogP contribution in [-0.4, -0.2) is 8.96 Å². The molecule has 4 atom stereocenters. The van der Waals surface area contributed by atoms with E-state index in [0.29, 0.717) is 5.92 Å². The van der Waals surface area contributed by atoms with Crippen LogP contribution in [0.25, 0.3) is 0 Å². The highest BCUT2D eigenvalue weighted by Gasteiger charge is 2.46. The third-order valence-corrected chi connectivity index (χ3v) is 5.26. The number of nitrogens with two attached hydrogens (primary N) is 1. The van der Waals surface area contributed by atoms with Gasteiger partial charge in [0, 0.05) is 0 Å². The van der Waals surface area contributed by atoms with Gasteiger partial charge in [0.25, 0.3) is 0 Å². The summed E-state index contributed by atoms with van der Waals surface area (Å²) >= 11 is 0. The van der Waals surface area contributed by atoms with Crippen LogP contribution in [0, 0.1) is 23.2 Å². The Morgan fingerprint density at radius 3 is 2.58 bits per heavy atom. The summed E-state index contributed by atoms with van der Waals surface area (Å²) < 4.78 is 11.2. The van der Waals surface area contributed by atoms with Crippen molar-refractivity contribution < 1.29 is 4.21 Å². The van der Waals surface area contributed by atoms with Crippen molar-refractivity contribution in [3.05, 3.63) is 35.9 Å². The van der Waals surface area contributed by atoms with Gasteiger partial charge in [0.15, 0.2) is 0 Å². The summed E-state index contributed by atoms with van der Waals surface area (Å²) in [5, 5.41) is 14.6. The molecule has 19 heavy (non-hydrogen) atoms. The molecule has 1 fully saturated rings. The van der Waals surface area contributed by atoms with Crippen LogP contribution < -0.4 is 5.14 Å². The van der Waals surface area contributed by atoms with Gasteiger partial charge in [-0.25, -0.2) is 4.21 Å². The maximum Gasteiger partial charge on any atom is 0.0945 e. The first-order valence-corrected chi connectivity index (χ1v) is 7.78. The lowest BCUT2D eigenvalue weighted by Gasteiger charge is -2.28. The highest BCUT2D eigenvalue weighted by Crippen LogP contribution is 2.51. The van der Waals surface area contributed by atoms with Gasteiger partial charge in [-0.3, -0.25) is 5.14 Å². The Morgan fingerprint density at radius 2 is 2.11 bits per heavy atom. The molecule has 0 spiro atoms. The fourth-order valence-electron chi connectivity index (χ4n) is 2.64. The summed E-state index contributed by atoms with van der Waals surface area (Å²) in [5.74, 6) is 0.802. The van der Waals surface area contributed by atoms with Gasteiger partial charge in [-0.2, -0.15) is 5.26 Å². The maximum atomic E-state index is 11.7. The molecule has 102 valence electrons. The van der Waals surface area contributed by atoms with Crippen molar-refractivity contribution in [3.8, 4) is 6.07 Å². The zero-order valence-electron chi connectivity index (χ0n) is 11.4. The summed E-state index contributed by atoms with van der Waals surface area (Å²) in [7, 11) is -1.36. The van der Waals surface area contributed by atoms with Crippen LogP contribution in [0.5, 0.6) is 0 Å². The molecule has 1 aromatic carbocycles. The van der Waals surface area contributed by atoms with Crippen molar-refractivity contribution in [3.63, 3.8) is 0 Å². The molecule has 1 aliphatic carbocycles. The first-order chi connectivity index (χ1) is 8.95. The molecule has 2 rings (SSSR count). The molecular formula is C15H20N2OS. The Labute approximate surface area is 117 Å². The lowest BCUT2D eigenvalue weighted by atomic mass is 9.85. The second kappa shape index (κ2) is 5.44. The molecule has 1 unspecified atom stereocenters. The van der Waals surface area contributed by atoms with Gasteiger partial charge < -0.3 is 0 Å². The predicted octanol–water partition coefficient (Wildman–Crippen LogP) is 2.72. The van der Waals surface area contributed by atoms with E-state index in [-0.39, 0.29) is 11.8 Å². The molecule has 0 saturated heterocycles. The average molecular weight is 276 g/mol. The minimum Gasteiger partial charge on any atom is -0.251 e. The first kappa shape index (κ1) is 14.2. The highest BCUT2D eigenvalue weighted by molar-refractivity contribution is 7.84. The molecule has 1 aromatic rings. The van der Waals surface area contributed by atoms with Crippen LogP contribution in [-0.2, 0) is 11.0 Å². The van der Waals surface area contributed by atoms with Gasteiger partial charge in [-0.1, -0.05) is 30.3 Å². The molecule has 0 aliphatic heterocycles.